The predicted molar refractivity (Wildman–Crippen MR) is 71.6 cm³/mol. The minimum Gasteiger partial charge on any atom is -0.436 e. The van der Waals surface area contributed by atoms with Crippen LogP contribution in [-0.4, -0.2) is 16.6 Å². The average molecular weight is 296 g/mol. The number of nitrogen functional groups attached to an aromatic ring is 1. The lowest BCUT2D eigenvalue weighted by Crippen LogP contribution is -2.11. The molecule has 0 fully saturated rings. The molecule has 6 nitrogen and oxygen atoms in total. The number of benzene rings is 1. The van der Waals surface area contributed by atoms with Crippen molar-refractivity contribution in [2.75, 3.05) is 12.0 Å². The molecule has 2 aromatic rings. The van der Waals surface area contributed by atoms with Crippen molar-refractivity contribution in [3.8, 4) is 11.6 Å². The molecule has 21 heavy (non-hydrogen) atoms. The van der Waals surface area contributed by atoms with E-state index in [-0.39, 0.29) is 24.1 Å². The van der Waals surface area contributed by atoms with Gasteiger partial charge < -0.3 is 14.9 Å². The zero-order valence-electron chi connectivity index (χ0n) is 11.3. The predicted octanol–water partition coefficient (Wildman–Crippen LogP) is 2.37. The number of hydrogen-bond donors (Lipinski definition) is 2. The second-order valence-electron chi connectivity index (χ2n) is 3.97. The van der Waals surface area contributed by atoms with Crippen molar-refractivity contribution in [1.82, 2.24) is 9.97 Å². The lowest BCUT2D eigenvalue weighted by atomic mass is 10.3. The Bertz CT molecular complexity index is 625. The third-order valence-corrected chi connectivity index (χ3v) is 2.44. The quantitative estimate of drug-likeness (QED) is 0.629. The largest absolute Gasteiger partial charge is 0.436 e. The molecule has 0 unspecified atom stereocenters. The molecule has 112 valence electrons. The van der Waals surface area contributed by atoms with Gasteiger partial charge in [0.1, 0.15) is 18.2 Å². The van der Waals surface area contributed by atoms with Gasteiger partial charge in [-0.1, -0.05) is 0 Å². The number of halogens is 2. The monoisotopic (exact) mass is 296 g/mol. The molecule has 0 saturated carbocycles. The van der Waals surface area contributed by atoms with E-state index in [1.807, 2.05) is 6.92 Å². The van der Waals surface area contributed by atoms with Gasteiger partial charge in [0.15, 0.2) is 17.4 Å². The number of nitrogens with one attached hydrogen (secondary N) is 1. The van der Waals surface area contributed by atoms with Gasteiger partial charge in [-0.2, -0.15) is 4.98 Å². The topological polar surface area (TPSA) is 82.3 Å². The molecule has 1 heterocycles. The molecule has 0 saturated heterocycles. The first-order chi connectivity index (χ1) is 10.1. The first kappa shape index (κ1) is 15.1. The van der Waals surface area contributed by atoms with Crippen LogP contribution < -0.4 is 16.0 Å². The highest BCUT2D eigenvalue weighted by Gasteiger charge is 2.10. The van der Waals surface area contributed by atoms with Crippen molar-refractivity contribution >= 4 is 5.82 Å². The average Bonchev–Trinajstić information content (AvgIpc) is 2.48. The van der Waals surface area contributed by atoms with Gasteiger partial charge in [-0.3, -0.25) is 0 Å². The minimum absolute atomic E-state index is 0.0677. The molecule has 0 aliphatic rings. The van der Waals surface area contributed by atoms with E-state index in [4.69, 9.17) is 15.3 Å². The highest BCUT2D eigenvalue weighted by atomic mass is 19.1. The fourth-order valence-electron chi connectivity index (χ4n) is 1.53. The van der Waals surface area contributed by atoms with Crippen molar-refractivity contribution in [2.45, 2.75) is 13.5 Å². The van der Waals surface area contributed by atoms with Crippen molar-refractivity contribution in [2.24, 2.45) is 5.84 Å². The molecular formula is C13H14F2N4O2. The molecule has 0 amide bonds. The second kappa shape index (κ2) is 6.91. The Balaban J connectivity index is 2.25. The maximum Gasteiger partial charge on any atom is 0.224 e. The summed E-state index contributed by atoms with van der Waals surface area (Å²) in [4.78, 5) is 8.12. The molecule has 0 spiro atoms. The maximum atomic E-state index is 13.5. The van der Waals surface area contributed by atoms with E-state index >= 15 is 0 Å². The van der Waals surface area contributed by atoms with Crippen LogP contribution in [0.5, 0.6) is 11.6 Å². The molecule has 1 aromatic heterocycles. The Labute approximate surface area is 119 Å². The number of hydrazine groups is 1. The van der Waals surface area contributed by atoms with Crippen LogP contribution in [0.15, 0.2) is 24.3 Å². The lowest BCUT2D eigenvalue weighted by molar-refractivity contribution is 0.128. The molecule has 2 rings (SSSR count). The van der Waals surface area contributed by atoms with Crippen LogP contribution in [0, 0.1) is 11.6 Å². The summed E-state index contributed by atoms with van der Waals surface area (Å²) in [6.07, 6.45) is 0. The SMILES string of the molecule is CCOCc1nc(NN)cc(Oc2ccc(F)cc2F)n1. The van der Waals surface area contributed by atoms with Gasteiger partial charge in [-0.15, -0.1) is 0 Å². The van der Waals surface area contributed by atoms with Crippen LogP contribution in [0.2, 0.25) is 0 Å². The summed E-state index contributed by atoms with van der Waals surface area (Å²) in [5, 5.41) is 0. The first-order valence-electron chi connectivity index (χ1n) is 6.17. The lowest BCUT2D eigenvalue weighted by Gasteiger charge is -2.09. The normalized spacial score (nSPS) is 10.5. The summed E-state index contributed by atoms with van der Waals surface area (Å²) in [6.45, 7) is 2.48. The first-order valence-corrected chi connectivity index (χ1v) is 6.17. The number of ether oxygens (including phenoxy) is 2. The van der Waals surface area contributed by atoms with Gasteiger partial charge in [0.25, 0.3) is 0 Å². The molecule has 3 N–H and O–H groups in total. The van der Waals surface area contributed by atoms with E-state index in [9.17, 15) is 8.78 Å². The smallest absolute Gasteiger partial charge is 0.224 e. The minimum atomic E-state index is -0.831. The number of hydrogen-bond acceptors (Lipinski definition) is 6. The van der Waals surface area contributed by atoms with Crippen LogP contribution >= 0.6 is 0 Å². The van der Waals surface area contributed by atoms with Crippen molar-refractivity contribution < 1.29 is 18.3 Å². The number of nitrogens with zero attached hydrogens (tertiary/aromatic N) is 2. The second-order valence-corrected chi connectivity index (χ2v) is 3.97. The Morgan fingerprint density at radius 1 is 1.24 bits per heavy atom. The molecule has 0 radical (unpaired) electrons. The van der Waals surface area contributed by atoms with Gasteiger partial charge in [0, 0.05) is 18.7 Å². The summed E-state index contributed by atoms with van der Waals surface area (Å²) >= 11 is 0. The van der Waals surface area contributed by atoms with E-state index < -0.39 is 11.6 Å². The van der Waals surface area contributed by atoms with E-state index in [0.29, 0.717) is 12.4 Å². The van der Waals surface area contributed by atoms with E-state index in [1.165, 1.54) is 12.1 Å². The highest BCUT2D eigenvalue weighted by molar-refractivity contribution is 5.39. The summed E-state index contributed by atoms with van der Waals surface area (Å²) in [7, 11) is 0. The summed E-state index contributed by atoms with van der Waals surface area (Å²) < 4.78 is 36.9. The fourth-order valence-corrected chi connectivity index (χ4v) is 1.53. The van der Waals surface area contributed by atoms with E-state index in [2.05, 4.69) is 15.4 Å². The summed E-state index contributed by atoms with van der Waals surface area (Å²) in [5.41, 5.74) is 2.35. The molecular weight excluding hydrogens is 282 g/mol. The van der Waals surface area contributed by atoms with Crippen LogP contribution in [0.4, 0.5) is 14.6 Å². The third-order valence-electron chi connectivity index (χ3n) is 2.44. The molecule has 1 aromatic carbocycles. The molecule has 8 heteroatoms. The van der Waals surface area contributed by atoms with Crippen LogP contribution in [0.3, 0.4) is 0 Å². The maximum absolute atomic E-state index is 13.5. The number of nitrogens with two attached hydrogens (primary N) is 1. The Kier molecular flexibility index (Phi) is 4.96. The van der Waals surface area contributed by atoms with Crippen molar-refractivity contribution in [1.29, 1.82) is 0 Å². The van der Waals surface area contributed by atoms with Gasteiger partial charge in [-0.25, -0.2) is 19.6 Å². The zero-order valence-corrected chi connectivity index (χ0v) is 11.3. The number of rotatable bonds is 6. The summed E-state index contributed by atoms with van der Waals surface area (Å²) in [6, 6.07) is 4.37. The molecule has 0 aliphatic heterocycles. The van der Waals surface area contributed by atoms with Crippen LogP contribution in [0.25, 0.3) is 0 Å². The standard InChI is InChI=1S/C13H14F2N4O2/c1-2-20-7-12-17-11(19-16)6-13(18-12)21-10-4-3-8(14)5-9(10)15/h3-6H,2,7,16H2,1H3,(H,17,18,19). The van der Waals surface area contributed by atoms with Crippen molar-refractivity contribution in [3.63, 3.8) is 0 Å². The summed E-state index contributed by atoms with van der Waals surface area (Å²) in [5.74, 6) is 4.31. The van der Waals surface area contributed by atoms with Crippen LogP contribution in [-0.2, 0) is 11.3 Å². The zero-order chi connectivity index (χ0) is 15.2. The van der Waals surface area contributed by atoms with Gasteiger partial charge in [0.05, 0.1) is 0 Å². The van der Waals surface area contributed by atoms with Gasteiger partial charge in [0.2, 0.25) is 5.88 Å². The highest BCUT2D eigenvalue weighted by Crippen LogP contribution is 2.25. The van der Waals surface area contributed by atoms with E-state index in [1.54, 1.807) is 0 Å². The third kappa shape index (κ3) is 4.07. The van der Waals surface area contributed by atoms with E-state index in [0.717, 1.165) is 12.1 Å². The fraction of sp³-hybridized carbons (Fsp3) is 0.231. The van der Waals surface area contributed by atoms with Gasteiger partial charge >= 0.3 is 0 Å². The van der Waals surface area contributed by atoms with Gasteiger partial charge in [-0.05, 0) is 19.1 Å². The molecule has 0 atom stereocenters. The Hall–Kier alpha value is -2.32. The molecule has 0 aliphatic carbocycles. The Morgan fingerprint density at radius 3 is 2.71 bits per heavy atom. The van der Waals surface area contributed by atoms with Crippen LogP contribution in [0.1, 0.15) is 12.7 Å². The molecule has 0 bridgehead atoms. The Morgan fingerprint density at radius 2 is 2.05 bits per heavy atom. The number of aromatic nitrogens is 2. The number of anilines is 1. The van der Waals surface area contributed by atoms with Crippen molar-refractivity contribution in [3.05, 3.63) is 41.7 Å².